The van der Waals surface area contributed by atoms with E-state index in [0.29, 0.717) is 34.1 Å². The van der Waals surface area contributed by atoms with Crippen molar-refractivity contribution >= 4 is 58.3 Å². The maximum atomic E-state index is 13.3. The number of hydrogen-bond donors (Lipinski definition) is 5. The topological polar surface area (TPSA) is 217 Å². The summed E-state index contributed by atoms with van der Waals surface area (Å²) in [6, 6.07) is 42.5. The van der Waals surface area contributed by atoms with Crippen LogP contribution in [0, 0.1) is 5.82 Å². The van der Waals surface area contributed by atoms with Crippen LogP contribution in [0.25, 0.3) is 0 Å². The molecule has 0 atom stereocenters. The van der Waals surface area contributed by atoms with Gasteiger partial charge in [-0.1, -0.05) is 72.8 Å². The Hall–Kier alpha value is -9.51. The molecule has 7 aromatic carbocycles. The van der Waals surface area contributed by atoms with Gasteiger partial charge in [0.2, 0.25) is 11.8 Å². The second kappa shape index (κ2) is 25.2. The number of phenolic OH excluding ortho intramolecular Hbond substituents is 1. The van der Waals surface area contributed by atoms with Crippen LogP contribution in [0.4, 0.5) is 27.1 Å². The van der Waals surface area contributed by atoms with Crippen LogP contribution in [0.15, 0.2) is 158 Å². The third kappa shape index (κ3) is 15.0. The first-order valence-corrected chi connectivity index (χ1v) is 22.0. The predicted octanol–water partition coefficient (Wildman–Crippen LogP) is 9.95. The molecule has 0 saturated carbocycles. The quantitative estimate of drug-likeness (QED) is 0.0426. The van der Waals surface area contributed by atoms with Gasteiger partial charge in [-0.25, -0.2) is 14.0 Å². The maximum absolute atomic E-state index is 13.3. The Labute approximate surface area is 413 Å². The summed E-state index contributed by atoms with van der Waals surface area (Å²) in [5.41, 5.74) is 4.70. The second-order valence-corrected chi connectivity index (χ2v) is 15.6. The summed E-state index contributed by atoms with van der Waals surface area (Å²) in [5, 5.41) is 20.9. The van der Waals surface area contributed by atoms with Gasteiger partial charge < -0.3 is 50.1 Å². The number of carbonyl (C=O) groups is 6. The van der Waals surface area contributed by atoms with Crippen molar-refractivity contribution in [3.8, 4) is 23.0 Å². The Morgan fingerprint density at radius 2 is 0.778 bits per heavy atom. The molecule has 368 valence electrons. The zero-order valence-corrected chi connectivity index (χ0v) is 39.4. The largest absolute Gasteiger partial charge is 0.506 e. The molecule has 17 heteroatoms. The highest BCUT2D eigenvalue weighted by atomic mass is 19.1. The van der Waals surface area contributed by atoms with E-state index in [9.17, 15) is 38.3 Å². The van der Waals surface area contributed by atoms with E-state index < -0.39 is 23.8 Å². The minimum atomic E-state index is -0.605. The van der Waals surface area contributed by atoms with Crippen LogP contribution < -0.4 is 35.5 Å². The van der Waals surface area contributed by atoms with Crippen molar-refractivity contribution in [3.63, 3.8) is 0 Å². The number of hydrogen-bond acceptors (Lipinski definition) is 12. The van der Waals surface area contributed by atoms with Crippen molar-refractivity contribution in [2.24, 2.45) is 0 Å². The molecule has 5 N–H and O–H groups in total. The van der Waals surface area contributed by atoms with Crippen LogP contribution in [-0.2, 0) is 38.9 Å². The highest BCUT2D eigenvalue weighted by Gasteiger charge is 2.19. The van der Waals surface area contributed by atoms with Gasteiger partial charge in [-0.3, -0.25) is 19.2 Å². The fourth-order valence-electron chi connectivity index (χ4n) is 6.63. The van der Waals surface area contributed by atoms with E-state index in [-0.39, 0.29) is 76.9 Å². The number of esters is 2. The predicted molar refractivity (Wildman–Crippen MR) is 267 cm³/mol. The highest BCUT2D eigenvalue weighted by molar-refractivity contribution is 6.07. The molecule has 16 nitrogen and oxygen atoms in total. The van der Waals surface area contributed by atoms with Gasteiger partial charge in [0.1, 0.15) is 48.6 Å². The number of aromatic hydroxyl groups is 1. The third-order valence-corrected chi connectivity index (χ3v) is 10.2. The Bertz CT molecular complexity index is 3060. The summed E-state index contributed by atoms with van der Waals surface area (Å²) >= 11 is 0. The van der Waals surface area contributed by atoms with Gasteiger partial charge in [0.05, 0.1) is 48.1 Å². The number of halogens is 1. The third-order valence-electron chi connectivity index (χ3n) is 10.2. The molecule has 0 heterocycles. The smallest absolute Gasteiger partial charge is 0.337 e. The molecule has 0 spiro atoms. The summed E-state index contributed by atoms with van der Waals surface area (Å²) in [6.07, 6.45) is 0. The van der Waals surface area contributed by atoms with Crippen LogP contribution in [0.5, 0.6) is 23.0 Å². The van der Waals surface area contributed by atoms with Gasteiger partial charge in [0.15, 0.2) is 0 Å². The lowest BCUT2D eigenvalue weighted by Gasteiger charge is -2.16. The number of amides is 4. The van der Waals surface area contributed by atoms with Crippen LogP contribution in [-0.4, -0.2) is 54.9 Å². The molecule has 0 fully saturated rings. The Balaban J connectivity index is 0.000000241. The molecule has 0 radical (unpaired) electrons. The molecule has 0 aliphatic heterocycles. The van der Waals surface area contributed by atoms with Crippen molar-refractivity contribution in [1.82, 2.24) is 0 Å². The first-order chi connectivity index (χ1) is 34.7. The van der Waals surface area contributed by atoms with Crippen LogP contribution in [0.1, 0.15) is 72.0 Å². The summed E-state index contributed by atoms with van der Waals surface area (Å²) in [7, 11) is 2.50. The monoisotopic (exact) mass is 976 g/mol. The zero-order chi connectivity index (χ0) is 51.6. The normalized spacial score (nSPS) is 10.3. The number of carbonyl (C=O) groups excluding carboxylic acids is 6. The molecule has 0 unspecified atom stereocenters. The lowest BCUT2D eigenvalue weighted by atomic mass is 10.1. The van der Waals surface area contributed by atoms with Crippen LogP contribution in [0.3, 0.4) is 0 Å². The summed E-state index contributed by atoms with van der Waals surface area (Å²) < 4.78 is 40.4. The zero-order valence-electron chi connectivity index (χ0n) is 39.4. The van der Waals surface area contributed by atoms with Gasteiger partial charge in [0, 0.05) is 25.0 Å². The number of methoxy groups -OCH3 is 2. The fourth-order valence-corrected chi connectivity index (χ4v) is 6.63. The molecule has 0 bridgehead atoms. The number of phenols is 1. The molecule has 0 aromatic heterocycles. The minimum absolute atomic E-state index is 0.0661. The molecular weight excluding hydrogens is 928 g/mol. The SMILES string of the molecule is COC(=O)c1ccc(NC(=O)c2ccc(NC(C)=O)c(OCc3ccccc3)c2)c(O)c1.COC(=O)c1ccc(NC(=O)c2ccc(NC(C)=O)c(OCc3ccccc3)c2)c(OCc2ccc(F)cc2)c1. The number of benzene rings is 7. The molecule has 0 aliphatic rings. The lowest BCUT2D eigenvalue weighted by Crippen LogP contribution is -2.15. The number of nitrogens with one attached hydrogen (secondary N) is 4. The Morgan fingerprint density at radius 3 is 1.18 bits per heavy atom. The van der Waals surface area contributed by atoms with Crippen molar-refractivity contribution in [2.45, 2.75) is 33.7 Å². The van der Waals surface area contributed by atoms with E-state index in [1.165, 1.54) is 94.8 Å². The second-order valence-electron chi connectivity index (χ2n) is 15.6. The first kappa shape index (κ1) is 51.9. The molecule has 72 heavy (non-hydrogen) atoms. The van der Waals surface area contributed by atoms with E-state index in [2.05, 4.69) is 26.0 Å². The number of anilines is 4. The van der Waals surface area contributed by atoms with Crippen molar-refractivity contribution in [2.75, 3.05) is 35.5 Å². The van der Waals surface area contributed by atoms with Gasteiger partial charge in [-0.2, -0.15) is 0 Å². The molecular formula is C55H49FN4O12. The van der Waals surface area contributed by atoms with E-state index in [0.717, 1.165) is 11.1 Å². The van der Waals surface area contributed by atoms with Gasteiger partial charge >= 0.3 is 11.9 Å². The fraction of sp³-hybridized carbons (Fsp3) is 0.127. The summed E-state index contributed by atoms with van der Waals surface area (Å²) in [4.78, 5) is 72.9. The average Bonchev–Trinajstić information content (AvgIpc) is 3.38. The van der Waals surface area contributed by atoms with E-state index in [4.69, 9.17) is 18.9 Å². The van der Waals surface area contributed by atoms with Crippen molar-refractivity contribution in [1.29, 1.82) is 0 Å². The first-order valence-electron chi connectivity index (χ1n) is 22.0. The summed E-state index contributed by atoms with van der Waals surface area (Å²) in [6.45, 7) is 3.30. The number of rotatable bonds is 17. The van der Waals surface area contributed by atoms with E-state index >= 15 is 0 Å². The molecule has 7 rings (SSSR count). The molecule has 4 amide bonds. The van der Waals surface area contributed by atoms with Crippen LogP contribution in [0.2, 0.25) is 0 Å². The summed E-state index contributed by atoms with van der Waals surface area (Å²) in [5.74, 6) is -2.51. The minimum Gasteiger partial charge on any atom is -0.506 e. The average molecular weight is 977 g/mol. The number of ether oxygens (including phenoxy) is 5. The van der Waals surface area contributed by atoms with Gasteiger partial charge in [-0.15, -0.1) is 0 Å². The van der Waals surface area contributed by atoms with Crippen molar-refractivity contribution in [3.05, 3.63) is 202 Å². The van der Waals surface area contributed by atoms with Crippen molar-refractivity contribution < 1.29 is 61.9 Å². The van der Waals surface area contributed by atoms with Crippen LogP contribution >= 0.6 is 0 Å². The molecule has 0 aliphatic carbocycles. The Kier molecular flexibility index (Phi) is 18.2. The Morgan fingerprint density at radius 1 is 0.431 bits per heavy atom. The standard InChI is InChI=1S/C31H27FN2O6.C24H22N2O6/c1-20(35)33-26-14-10-23(16-28(26)39-18-21-6-4-3-5-7-21)30(36)34-27-15-11-24(31(37)38-2)17-29(27)40-19-22-8-12-25(32)13-9-22;1-15(27)25-20-11-8-17(13-22(20)32-14-16-6-4-3-5-7-16)23(29)26-19-10-9-18(12-21(19)28)24(30)31-2/h3-17H,18-19H2,1-2H3,(H,33,35)(H,34,36);3-13,28H,14H2,1-2H3,(H,25,27)(H,26,29). The molecule has 7 aromatic rings. The van der Waals surface area contributed by atoms with E-state index in [1.54, 1.807) is 30.3 Å². The molecule has 0 saturated heterocycles. The lowest BCUT2D eigenvalue weighted by molar-refractivity contribution is -0.115. The van der Waals surface area contributed by atoms with Gasteiger partial charge in [-0.05, 0) is 102 Å². The highest BCUT2D eigenvalue weighted by Crippen LogP contribution is 2.32. The van der Waals surface area contributed by atoms with E-state index in [1.807, 2.05) is 60.7 Å². The maximum Gasteiger partial charge on any atom is 0.337 e. The van der Waals surface area contributed by atoms with Gasteiger partial charge in [0.25, 0.3) is 11.8 Å².